The number of esters is 1. The van der Waals surface area contributed by atoms with Crippen LogP contribution in [-0.2, 0) is 4.74 Å². The highest BCUT2D eigenvalue weighted by Crippen LogP contribution is 2.21. The third-order valence-corrected chi connectivity index (χ3v) is 3.91. The molecule has 1 aromatic carbocycles. The summed E-state index contributed by atoms with van der Waals surface area (Å²) < 4.78 is 4.70. The summed E-state index contributed by atoms with van der Waals surface area (Å²) in [5.41, 5.74) is 0.995. The van der Waals surface area contributed by atoms with Crippen LogP contribution in [0.3, 0.4) is 0 Å². The number of hydrogen-bond acceptors (Lipinski definition) is 3. The van der Waals surface area contributed by atoms with Crippen LogP contribution in [0.15, 0.2) is 18.2 Å². The van der Waals surface area contributed by atoms with E-state index in [0.717, 1.165) is 0 Å². The highest BCUT2D eigenvalue weighted by molar-refractivity contribution is 7.80. The number of thiocarbonyl (C=S) groups is 1. The van der Waals surface area contributed by atoms with Gasteiger partial charge in [-0.05, 0) is 42.3 Å². The van der Waals surface area contributed by atoms with Gasteiger partial charge in [-0.3, -0.25) is 0 Å². The first-order valence-corrected chi connectivity index (χ1v) is 8.00. The molecule has 0 heterocycles. The minimum absolute atomic E-state index is 0.271. The van der Waals surface area contributed by atoms with Gasteiger partial charge < -0.3 is 15.4 Å². The summed E-state index contributed by atoms with van der Waals surface area (Å²) in [5, 5.41) is 7.26. The van der Waals surface area contributed by atoms with Crippen LogP contribution in [0.2, 0.25) is 5.02 Å². The minimum atomic E-state index is -0.477. The average Bonchev–Trinajstić information content (AvgIpc) is 2.45. The zero-order valence-corrected chi connectivity index (χ0v) is 15.1. The summed E-state index contributed by atoms with van der Waals surface area (Å²) in [4.78, 5) is 11.6. The fourth-order valence-corrected chi connectivity index (χ4v) is 2.74. The Morgan fingerprint density at radius 3 is 2.32 bits per heavy atom. The SMILES string of the molecule is COC(=O)c1cc(NC(=S)NC(C(C)C)C(C)C)ccc1Cl. The number of benzene rings is 1. The van der Waals surface area contributed by atoms with Crippen molar-refractivity contribution in [3.8, 4) is 0 Å². The first kappa shape index (κ1) is 18.7. The summed E-state index contributed by atoms with van der Waals surface area (Å²) in [6.07, 6.45) is 0. The molecular weight excluding hydrogens is 320 g/mol. The Hall–Kier alpha value is -1.33. The Morgan fingerprint density at radius 1 is 1.23 bits per heavy atom. The van der Waals surface area contributed by atoms with E-state index in [1.807, 2.05) is 0 Å². The smallest absolute Gasteiger partial charge is 0.339 e. The molecule has 4 nitrogen and oxygen atoms in total. The molecule has 1 aromatic rings. The summed E-state index contributed by atoms with van der Waals surface area (Å²) in [6.45, 7) is 8.60. The molecule has 0 aliphatic heterocycles. The van der Waals surface area contributed by atoms with Crippen molar-refractivity contribution in [2.45, 2.75) is 33.7 Å². The van der Waals surface area contributed by atoms with Crippen molar-refractivity contribution in [1.82, 2.24) is 5.32 Å². The molecule has 0 atom stereocenters. The fraction of sp³-hybridized carbons (Fsp3) is 0.500. The lowest BCUT2D eigenvalue weighted by atomic mass is 9.93. The normalized spacial score (nSPS) is 11.0. The number of carbonyl (C=O) groups excluding carboxylic acids is 1. The molecule has 0 aliphatic carbocycles. The van der Waals surface area contributed by atoms with E-state index in [9.17, 15) is 4.79 Å². The molecule has 0 bridgehead atoms. The third-order valence-electron chi connectivity index (χ3n) is 3.36. The zero-order valence-electron chi connectivity index (χ0n) is 13.6. The molecule has 0 spiro atoms. The van der Waals surface area contributed by atoms with Crippen LogP contribution in [0.1, 0.15) is 38.1 Å². The van der Waals surface area contributed by atoms with Gasteiger partial charge in [0.2, 0.25) is 0 Å². The predicted molar refractivity (Wildman–Crippen MR) is 95.6 cm³/mol. The molecule has 0 saturated heterocycles. The van der Waals surface area contributed by atoms with Gasteiger partial charge in [-0.25, -0.2) is 4.79 Å². The molecule has 0 aliphatic rings. The van der Waals surface area contributed by atoms with Gasteiger partial charge in [-0.15, -0.1) is 0 Å². The summed E-state index contributed by atoms with van der Waals surface area (Å²) >= 11 is 11.3. The van der Waals surface area contributed by atoms with Crippen LogP contribution >= 0.6 is 23.8 Å². The fourth-order valence-electron chi connectivity index (χ4n) is 2.29. The van der Waals surface area contributed by atoms with E-state index in [4.69, 9.17) is 28.6 Å². The molecule has 0 radical (unpaired) electrons. The Kier molecular flexibility index (Phi) is 7.10. The number of methoxy groups -OCH3 is 1. The second-order valence-corrected chi connectivity index (χ2v) is 6.61. The van der Waals surface area contributed by atoms with Crippen molar-refractivity contribution in [3.63, 3.8) is 0 Å². The van der Waals surface area contributed by atoms with Gasteiger partial charge in [0, 0.05) is 11.7 Å². The van der Waals surface area contributed by atoms with Crippen LogP contribution in [0.5, 0.6) is 0 Å². The van der Waals surface area contributed by atoms with E-state index in [1.54, 1.807) is 18.2 Å². The molecule has 22 heavy (non-hydrogen) atoms. The molecule has 2 N–H and O–H groups in total. The van der Waals surface area contributed by atoms with Crippen molar-refractivity contribution in [3.05, 3.63) is 28.8 Å². The van der Waals surface area contributed by atoms with Gasteiger partial charge >= 0.3 is 5.97 Å². The first-order chi connectivity index (χ1) is 10.3. The van der Waals surface area contributed by atoms with Gasteiger partial charge in [-0.2, -0.15) is 0 Å². The number of ether oxygens (including phenoxy) is 1. The van der Waals surface area contributed by atoms with Crippen molar-refractivity contribution >= 4 is 40.6 Å². The maximum atomic E-state index is 11.6. The first-order valence-electron chi connectivity index (χ1n) is 7.21. The summed E-state index contributed by atoms with van der Waals surface area (Å²) in [6, 6.07) is 5.30. The number of nitrogens with one attached hydrogen (secondary N) is 2. The maximum absolute atomic E-state index is 11.6. The van der Waals surface area contributed by atoms with Crippen molar-refractivity contribution in [2.24, 2.45) is 11.8 Å². The molecule has 122 valence electrons. The molecule has 0 aromatic heterocycles. The number of hydrogen-bond donors (Lipinski definition) is 2. The van der Waals surface area contributed by atoms with Crippen molar-refractivity contribution in [2.75, 3.05) is 12.4 Å². The lowest BCUT2D eigenvalue weighted by Gasteiger charge is -2.27. The van der Waals surface area contributed by atoms with E-state index >= 15 is 0 Å². The van der Waals surface area contributed by atoms with Crippen molar-refractivity contribution in [1.29, 1.82) is 0 Å². The minimum Gasteiger partial charge on any atom is -0.465 e. The van der Waals surface area contributed by atoms with E-state index in [0.29, 0.717) is 33.2 Å². The summed E-state index contributed by atoms with van der Waals surface area (Å²) in [5.74, 6) is 0.431. The number of halogens is 1. The van der Waals surface area contributed by atoms with E-state index in [-0.39, 0.29) is 6.04 Å². The lowest BCUT2D eigenvalue weighted by molar-refractivity contribution is 0.0601. The van der Waals surface area contributed by atoms with Crippen molar-refractivity contribution < 1.29 is 9.53 Å². The standard InChI is InChI=1S/C16H23ClN2O2S/c1-9(2)14(10(3)4)19-16(22)18-11-6-7-13(17)12(8-11)15(20)21-5/h6-10,14H,1-5H3,(H2,18,19,22). The van der Waals surface area contributed by atoms with Crippen LogP contribution in [-0.4, -0.2) is 24.2 Å². The van der Waals surface area contributed by atoms with E-state index in [1.165, 1.54) is 7.11 Å². The zero-order chi connectivity index (χ0) is 16.9. The molecule has 0 fully saturated rings. The third kappa shape index (κ3) is 5.14. The maximum Gasteiger partial charge on any atom is 0.339 e. The van der Waals surface area contributed by atoms with E-state index in [2.05, 4.69) is 38.3 Å². The quantitative estimate of drug-likeness (QED) is 0.623. The lowest BCUT2D eigenvalue weighted by Crippen LogP contribution is -2.44. The van der Waals surface area contributed by atoms with Crippen LogP contribution in [0.4, 0.5) is 5.69 Å². The molecule has 0 saturated carbocycles. The molecular formula is C16H23ClN2O2S. The van der Waals surface area contributed by atoms with Gasteiger partial charge in [0.25, 0.3) is 0 Å². The van der Waals surface area contributed by atoms with Gasteiger partial charge in [0.05, 0.1) is 17.7 Å². The van der Waals surface area contributed by atoms with Crippen LogP contribution in [0.25, 0.3) is 0 Å². The number of carbonyl (C=O) groups is 1. The molecule has 6 heteroatoms. The monoisotopic (exact) mass is 342 g/mol. The highest BCUT2D eigenvalue weighted by Gasteiger charge is 2.18. The Bertz CT molecular complexity index is 539. The van der Waals surface area contributed by atoms with E-state index < -0.39 is 5.97 Å². The Morgan fingerprint density at radius 2 is 1.82 bits per heavy atom. The Labute approximate surface area is 142 Å². The topological polar surface area (TPSA) is 50.4 Å². The number of rotatable bonds is 5. The average molecular weight is 343 g/mol. The molecule has 1 rings (SSSR count). The number of anilines is 1. The second kappa shape index (κ2) is 8.34. The Balaban J connectivity index is 2.82. The van der Waals surface area contributed by atoms with Gasteiger partial charge in [0.1, 0.15) is 0 Å². The largest absolute Gasteiger partial charge is 0.465 e. The molecule has 0 unspecified atom stereocenters. The second-order valence-electron chi connectivity index (χ2n) is 5.80. The summed E-state index contributed by atoms with van der Waals surface area (Å²) in [7, 11) is 1.32. The van der Waals surface area contributed by atoms with Gasteiger partial charge in [-0.1, -0.05) is 39.3 Å². The predicted octanol–water partition coefficient (Wildman–Crippen LogP) is 4.09. The highest BCUT2D eigenvalue weighted by atomic mass is 35.5. The van der Waals surface area contributed by atoms with Crippen LogP contribution < -0.4 is 10.6 Å². The molecule has 0 amide bonds. The van der Waals surface area contributed by atoms with Crippen LogP contribution in [0, 0.1) is 11.8 Å². The van der Waals surface area contributed by atoms with Gasteiger partial charge in [0.15, 0.2) is 5.11 Å².